The van der Waals surface area contributed by atoms with Gasteiger partial charge < -0.3 is 9.64 Å². The molecule has 5 nitrogen and oxygen atoms in total. The molecule has 0 N–H and O–H groups in total. The molecule has 0 bridgehead atoms. The van der Waals surface area contributed by atoms with Crippen molar-refractivity contribution in [1.82, 2.24) is 14.9 Å². The van der Waals surface area contributed by atoms with Crippen molar-refractivity contribution in [3.63, 3.8) is 0 Å². The zero-order valence-corrected chi connectivity index (χ0v) is 15.9. The van der Waals surface area contributed by atoms with Crippen molar-refractivity contribution < 1.29 is 4.74 Å². The molecule has 0 radical (unpaired) electrons. The molecule has 4 rings (SSSR count). The maximum absolute atomic E-state index is 5.26. The number of anilines is 1. The van der Waals surface area contributed by atoms with Gasteiger partial charge in [0, 0.05) is 47.4 Å². The lowest BCUT2D eigenvalue weighted by atomic mass is 9.79. The van der Waals surface area contributed by atoms with Crippen molar-refractivity contribution in [2.75, 3.05) is 38.2 Å². The van der Waals surface area contributed by atoms with Crippen molar-refractivity contribution in [2.24, 2.45) is 5.41 Å². The minimum absolute atomic E-state index is 0.405. The lowest BCUT2D eigenvalue weighted by Gasteiger charge is -2.41. The van der Waals surface area contributed by atoms with E-state index in [4.69, 9.17) is 4.74 Å². The highest BCUT2D eigenvalue weighted by molar-refractivity contribution is 7.11. The van der Waals surface area contributed by atoms with Gasteiger partial charge in [-0.05, 0) is 44.9 Å². The Kier molecular flexibility index (Phi) is 4.65. The zero-order valence-electron chi connectivity index (χ0n) is 15.1. The van der Waals surface area contributed by atoms with Crippen LogP contribution in [0.3, 0.4) is 0 Å². The van der Waals surface area contributed by atoms with E-state index in [0.717, 1.165) is 25.5 Å². The molecule has 134 valence electrons. The predicted molar refractivity (Wildman–Crippen MR) is 101 cm³/mol. The van der Waals surface area contributed by atoms with E-state index in [0.29, 0.717) is 11.3 Å². The van der Waals surface area contributed by atoms with E-state index in [9.17, 15) is 0 Å². The highest BCUT2D eigenvalue weighted by Gasteiger charge is 2.41. The van der Waals surface area contributed by atoms with Gasteiger partial charge in [-0.1, -0.05) is 0 Å². The van der Waals surface area contributed by atoms with E-state index in [2.05, 4.69) is 38.8 Å². The molecule has 0 unspecified atom stereocenters. The fourth-order valence-corrected chi connectivity index (χ4v) is 5.24. The van der Waals surface area contributed by atoms with Crippen LogP contribution in [0.5, 0.6) is 5.88 Å². The molecule has 1 spiro atoms. The van der Waals surface area contributed by atoms with Gasteiger partial charge in [0.25, 0.3) is 0 Å². The van der Waals surface area contributed by atoms with E-state index in [1.165, 1.54) is 42.1 Å². The number of methoxy groups -OCH3 is 1. The number of rotatable bonds is 4. The van der Waals surface area contributed by atoms with E-state index in [-0.39, 0.29) is 0 Å². The quantitative estimate of drug-likeness (QED) is 0.838. The number of hydrogen-bond donors (Lipinski definition) is 0. The van der Waals surface area contributed by atoms with Gasteiger partial charge in [0.1, 0.15) is 12.1 Å². The second-order valence-corrected chi connectivity index (χ2v) is 8.79. The van der Waals surface area contributed by atoms with Gasteiger partial charge in [-0.15, -0.1) is 11.3 Å². The number of thiophene rings is 1. The first-order valence-electron chi connectivity index (χ1n) is 9.04. The Bertz CT molecular complexity index is 734. The summed E-state index contributed by atoms with van der Waals surface area (Å²) in [6.45, 7) is 7.86. The SMILES string of the molecule is COc1cc(N2CCC[C@]3(CCN(Cc4ccc(C)s4)C3)C2)ncn1. The number of aryl methyl sites for hydroxylation is 1. The monoisotopic (exact) mass is 358 g/mol. The molecular formula is C19H26N4OS. The maximum atomic E-state index is 5.26. The van der Waals surface area contributed by atoms with Crippen LogP contribution in [0.2, 0.25) is 0 Å². The number of ether oxygens (including phenoxy) is 1. The highest BCUT2D eigenvalue weighted by Crippen LogP contribution is 2.40. The van der Waals surface area contributed by atoms with Crippen molar-refractivity contribution in [2.45, 2.75) is 32.7 Å². The first-order valence-corrected chi connectivity index (χ1v) is 9.86. The molecule has 0 aromatic carbocycles. The molecular weight excluding hydrogens is 332 g/mol. The van der Waals surface area contributed by atoms with Crippen LogP contribution < -0.4 is 9.64 Å². The zero-order chi connectivity index (χ0) is 17.3. The fourth-order valence-electron chi connectivity index (χ4n) is 4.30. The Morgan fingerprint density at radius 2 is 2.12 bits per heavy atom. The highest BCUT2D eigenvalue weighted by atomic mass is 32.1. The minimum atomic E-state index is 0.405. The van der Waals surface area contributed by atoms with Crippen LogP contribution >= 0.6 is 11.3 Å². The Balaban J connectivity index is 1.43. The number of nitrogens with zero attached hydrogens (tertiary/aromatic N) is 4. The number of likely N-dealkylation sites (tertiary alicyclic amines) is 1. The van der Waals surface area contributed by atoms with Gasteiger partial charge in [-0.25, -0.2) is 9.97 Å². The summed E-state index contributed by atoms with van der Waals surface area (Å²) < 4.78 is 5.26. The fraction of sp³-hybridized carbons (Fsp3) is 0.579. The van der Waals surface area contributed by atoms with Crippen LogP contribution in [0.25, 0.3) is 0 Å². The molecule has 0 aliphatic carbocycles. The topological polar surface area (TPSA) is 41.5 Å². The molecule has 6 heteroatoms. The largest absolute Gasteiger partial charge is 0.481 e. The van der Waals surface area contributed by atoms with Crippen LogP contribution in [0.4, 0.5) is 5.82 Å². The molecule has 2 saturated heterocycles. The summed E-state index contributed by atoms with van der Waals surface area (Å²) >= 11 is 1.93. The number of piperidine rings is 1. The molecule has 2 aromatic rings. The normalized spacial score (nSPS) is 24.2. The molecule has 1 atom stereocenters. The summed E-state index contributed by atoms with van der Waals surface area (Å²) in [7, 11) is 1.66. The first kappa shape index (κ1) is 16.8. The Morgan fingerprint density at radius 3 is 2.92 bits per heavy atom. The van der Waals surface area contributed by atoms with Crippen molar-refractivity contribution >= 4 is 17.2 Å². The first-order chi connectivity index (χ1) is 12.2. The summed E-state index contributed by atoms with van der Waals surface area (Å²) in [6, 6.07) is 6.47. The second-order valence-electron chi connectivity index (χ2n) is 7.42. The molecule has 2 aliphatic heterocycles. The van der Waals surface area contributed by atoms with Crippen molar-refractivity contribution in [3.05, 3.63) is 34.3 Å². The average Bonchev–Trinajstić information content (AvgIpc) is 3.21. The van der Waals surface area contributed by atoms with Gasteiger partial charge in [-0.3, -0.25) is 4.90 Å². The van der Waals surface area contributed by atoms with Gasteiger partial charge in [-0.2, -0.15) is 0 Å². The smallest absolute Gasteiger partial charge is 0.218 e. The predicted octanol–water partition coefficient (Wildman–Crippen LogP) is 3.35. The Morgan fingerprint density at radius 1 is 1.20 bits per heavy atom. The summed E-state index contributed by atoms with van der Waals surface area (Å²) in [5, 5.41) is 0. The minimum Gasteiger partial charge on any atom is -0.481 e. The lowest BCUT2D eigenvalue weighted by molar-refractivity contribution is 0.216. The third-order valence-electron chi connectivity index (χ3n) is 5.51. The standard InChI is InChI=1S/C19H26N4OS/c1-15-4-5-16(25-15)11-22-9-7-19(12-22)6-3-8-23(13-19)17-10-18(24-2)21-14-20-17/h4-5,10,14H,3,6-9,11-13H2,1-2H3/t19-/m1/s1. The van der Waals surface area contributed by atoms with E-state index < -0.39 is 0 Å². The molecule has 25 heavy (non-hydrogen) atoms. The third kappa shape index (κ3) is 3.65. The maximum Gasteiger partial charge on any atom is 0.218 e. The summed E-state index contributed by atoms with van der Waals surface area (Å²) in [4.78, 5) is 16.6. The van der Waals surface area contributed by atoms with Crippen LogP contribution in [0.15, 0.2) is 24.5 Å². The summed E-state index contributed by atoms with van der Waals surface area (Å²) in [5.74, 6) is 1.64. The van der Waals surface area contributed by atoms with Gasteiger partial charge in [0.2, 0.25) is 5.88 Å². The second kappa shape index (κ2) is 6.92. The molecule has 4 heterocycles. The van der Waals surface area contributed by atoms with Gasteiger partial charge in [0.15, 0.2) is 0 Å². The molecule has 0 saturated carbocycles. The molecule has 0 amide bonds. The summed E-state index contributed by atoms with van der Waals surface area (Å²) in [6.07, 6.45) is 5.45. The average molecular weight is 359 g/mol. The Labute approximate surface area is 153 Å². The Hall–Kier alpha value is -1.66. The van der Waals surface area contributed by atoms with Gasteiger partial charge in [0.05, 0.1) is 7.11 Å². The van der Waals surface area contributed by atoms with Gasteiger partial charge >= 0.3 is 0 Å². The van der Waals surface area contributed by atoms with E-state index >= 15 is 0 Å². The van der Waals surface area contributed by atoms with E-state index in [1.54, 1.807) is 13.4 Å². The molecule has 2 aliphatic rings. The van der Waals surface area contributed by atoms with Crippen LogP contribution in [-0.2, 0) is 6.54 Å². The lowest BCUT2D eigenvalue weighted by Crippen LogP contribution is -2.45. The van der Waals surface area contributed by atoms with Crippen LogP contribution in [0, 0.1) is 12.3 Å². The van der Waals surface area contributed by atoms with Crippen molar-refractivity contribution in [1.29, 1.82) is 0 Å². The van der Waals surface area contributed by atoms with E-state index in [1.807, 2.05) is 17.4 Å². The molecule has 2 aromatic heterocycles. The summed E-state index contributed by atoms with van der Waals surface area (Å²) in [5.41, 5.74) is 0.405. The number of hydrogen-bond acceptors (Lipinski definition) is 6. The van der Waals surface area contributed by atoms with Crippen molar-refractivity contribution in [3.8, 4) is 5.88 Å². The van der Waals surface area contributed by atoms with Crippen LogP contribution in [-0.4, -0.2) is 48.2 Å². The third-order valence-corrected chi connectivity index (χ3v) is 6.50. The number of aromatic nitrogens is 2. The molecule has 2 fully saturated rings. The van der Waals surface area contributed by atoms with Crippen LogP contribution in [0.1, 0.15) is 29.0 Å².